The van der Waals surface area contributed by atoms with Crippen LogP contribution in [-0.4, -0.2) is 25.6 Å². The van der Waals surface area contributed by atoms with Gasteiger partial charge in [-0.25, -0.2) is 0 Å². The monoisotopic (exact) mass is 234 g/mol. The summed E-state index contributed by atoms with van der Waals surface area (Å²) in [4.78, 5) is 11.6. The zero-order chi connectivity index (χ0) is 12.1. The Morgan fingerprint density at radius 2 is 2.12 bits per heavy atom. The first-order chi connectivity index (χ1) is 8.33. The maximum Gasteiger partial charge on any atom is 0.163 e. The molecule has 3 nitrogen and oxygen atoms in total. The van der Waals surface area contributed by atoms with Crippen molar-refractivity contribution in [3.8, 4) is 5.75 Å². The predicted octanol–water partition coefficient (Wildman–Crippen LogP) is 2.62. The van der Waals surface area contributed by atoms with Crippen molar-refractivity contribution >= 4 is 5.78 Å². The molecule has 92 valence electrons. The van der Waals surface area contributed by atoms with Crippen molar-refractivity contribution < 1.29 is 14.3 Å². The Bertz CT molecular complexity index is 398. The summed E-state index contributed by atoms with van der Waals surface area (Å²) in [7, 11) is 0. The average Bonchev–Trinajstić information content (AvgIpc) is 2.72. The van der Waals surface area contributed by atoms with Crippen molar-refractivity contribution in [2.75, 3.05) is 19.8 Å². The van der Waals surface area contributed by atoms with E-state index >= 15 is 0 Å². The van der Waals surface area contributed by atoms with E-state index in [9.17, 15) is 4.79 Å². The summed E-state index contributed by atoms with van der Waals surface area (Å²) in [6.45, 7) is 4.10. The van der Waals surface area contributed by atoms with Crippen molar-refractivity contribution in [3.63, 3.8) is 0 Å². The maximum absolute atomic E-state index is 11.6. The molecule has 0 saturated heterocycles. The van der Waals surface area contributed by atoms with E-state index in [4.69, 9.17) is 9.47 Å². The molecule has 1 aliphatic rings. The second-order valence-electron chi connectivity index (χ2n) is 4.10. The fraction of sp³-hybridized carbons (Fsp3) is 0.500. The second kappa shape index (κ2) is 5.82. The molecule has 1 aliphatic carbocycles. The third-order valence-electron chi connectivity index (χ3n) is 2.93. The van der Waals surface area contributed by atoms with Crippen LogP contribution in [0.5, 0.6) is 5.75 Å². The van der Waals surface area contributed by atoms with Crippen LogP contribution < -0.4 is 4.74 Å². The Balaban J connectivity index is 1.91. The van der Waals surface area contributed by atoms with Crippen LogP contribution in [0.25, 0.3) is 0 Å². The van der Waals surface area contributed by atoms with Crippen LogP contribution >= 0.6 is 0 Å². The number of fused-ring (bicyclic) bond motifs is 1. The molecule has 1 aromatic rings. The minimum Gasteiger partial charge on any atom is -0.493 e. The molecule has 0 saturated carbocycles. The first-order valence-electron chi connectivity index (χ1n) is 6.18. The summed E-state index contributed by atoms with van der Waals surface area (Å²) in [6.07, 6.45) is 2.32. The van der Waals surface area contributed by atoms with Gasteiger partial charge in [-0.2, -0.15) is 0 Å². The summed E-state index contributed by atoms with van der Waals surface area (Å²) in [6, 6.07) is 5.72. The summed E-state index contributed by atoms with van der Waals surface area (Å²) >= 11 is 0. The van der Waals surface area contributed by atoms with Gasteiger partial charge in [-0.1, -0.05) is 12.1 Å². The highest BCUT2D eigenvalue weighted by molar-refractivity contribution is 6.01. The quantitative estimate of drug-likeness (QED) is 0.710. The SMILES string of the molecule is CCOCCCOc1cccc2c1CCC2=O. The van der Waals surface area contributed by atoms with Gasteiger partial charge in [0.05, 0.1) is 6.61 Å². The first kappa shape index (κ1) is 12.1. The summed E-state index contributed by atoms with van der Waals surface area (Å²) < 4.78 is 11.0. The molecule has 1 aromatic carbocycles. The van der Waals surface area contributed by atoms with E-state index in [1.165, 1.54) is 0 Å². The van der Waals surface area contributed by atoms with E-state index in [-0.39, 0.29) is 5.78 Å². The van der Waals surface area contributed by atoms with Gasteiger partial charge in [0.15, 0.2) is 5.78 Å². The summed E-state index contributed by atoms with van der Waals surface area (Å²) in [5.74, 6) is 1.10. The molecule has 0 bridgehead atoms. The number of ketones is 1. The normalized spacial score (nSPS) is 13.8. The molecular weight excluding hydrogens is 216 g/mol. The van der Waals surface area contributed by atoms with Crippen molar-refractivity contribution in [3.05, 3.63) is 29.3 Å². The number of carbonyl (C=O) groups is 1. The van der Waals surface area contributed by atoms with Crippen molar-refractivity contribution in [1.82, 2.24) is 0 Å². The third-order valence-corrected chi connectivity index (χ3v) is 2.93. The molecule has 0 N–H and O–H groups in total. The van der Waals surface area contributed by atoms with E-state index < -0.39 is 0 Å². The Hall–Kier alpha value is -1.35. The minimum absolute atomic E-state index is 0.236. The average molecular weight is 234 g/mol. The van der Waals surface area contributed by atoms with Crippen LogP contribution in [0.1, 0.15) is 35.7 Å². The Morgan fingerprint density at radius 1 is 1.24 bits per heavy atom. The van der Waals surface area contributed by atoms with Gasteiger partial charge in [-0.3, -0.25) is 4.79 Å². The van der Waals surface area contributed by atoms with Crippen LogP contribution in [0.3, 0.4) is 0 Å². The second-order valence-corrected chi connectivity index (χ2v) is 4.10. The predicted molar refractivity (Wildman–Crippen MR) is 65.7 cm³/mol. The third kappa shape index (κ3) is 2.86. The molecule has 0 radical (unpaired) electrons. The molecule has 0 fully saturated rings. The first-order valence-corrected chi connectivity index (χ1v) is 6.18. The lowest BCUT2D eigenvalue weighted by Crippen LogP contribution is -2.04. The van der Waals surface area contributed by atoms with E-state index in [0.717, 1.165) is 42.9 Å². The highest BCUT2D eigenvalue weighted by Gasteiger charge is 2.22. The maximum atomic E-state index is 11.6. The van der Waals surface area contributed by atoms with Crippen molar-refractivity contribution in [2.24, 2.45) is 0 Å². The number of Topliss-reactive ketones (excluding diaryl/α,β-unsaturated/α-hetero) is 1. The number of rotatable bonds is 6. The zero-order valence-electron chi connectivity index (χ0n) is 10.2. The molecule has 0 atom stereocenters. The van der Waals surface area contributed by atoms with Crippen LogP contribution in [0.15, 0.2) is 18.2 Å². The van der Waals surface area contributed by atoms with E-state index in [1.54, 1.807) is 0 Å². The fourth-order valence-electron chi connectivity index (χ4n) is 2.08. The van der Waals surface area contributed by atoms with Gasteiger partial charge in [0.25, 0.3) is 0 Å². The van der Waals surface area contributed by atoms with Crippen molar-refractivity contribution in [2.45, 2.75) is 26.2 Å². The lowest BCUT2D eigenvalue weighted by molar-refractivity contribution is 0.0994. The minimum atomic E-state index is 0.236. The highest BCUT2D eigenvalue weighted by Crippen LogP contribution is 2.30. The molecule has 0 amide bonds. The molecule has 0 spiro atoms. The molecule has 17 heavy (non-hydrogen) atoms. The number of hydrogen-bond acceptors (Lipinski definition) is 3. The van der Waals surface area contributed by atoms with Crippen molar-refractivity contribution in [1.29, 1.82) is 0 Å². The largest absolute Gasteiger partial charge is 0.493 e. The Kier molecular flexibility index (Phi) is 4.15. The van der Waals surface area contributed by atoms with E-state index in [1.807, 2.05) is 25.1 Å². The van der Waals surface area contributed by atoms with Gasteiger partial charge in [0, 0.05) is 37.2 Å². The van der Waals surface area contributed by atoms with E-state index in [0.29, 0.717) is 13.0 Å². The van der Waals surface area contributed by atoms with Gasteiger partial charge in [0.1, 0.15) is 5.75 Å². The zero-order valence-corrected chi connectivity index (χ0v) is 10.2. The number of ether oxygens (including phenoxy) is 2. The molecule has 0 unspecified atom stereocenters. The van der Waals surface area contributed by atoms with Gasteiger partial charge in [0.2, 0.25) is 0 Å². The molecular formula is C14H18O3. The van der Waals surface area contributed by atoms with Gasteiger partial charge >= 0.3 is 0 Å². The topological polar surface area (TPSA) is 35.5 Å². The van der Waals surface area contributed by atoms with Crippen LogP contribution in [0.2, 0.25) is 0 Å². The number of hydrogen-bond donors (Lipinski definition) is 0. The Labute approximate surface area is 102 Å². The van der Waals surface area contributed by atoms with Gasteiger partial charge < -0.3 is 9.47 Å². The molecule has 0 aromatic heterocycles. The molecule has 2 rings (SSSR count). The number of benzene rings is 1. The smallest absolute Gasteiger partial charge is 0.163 e. The summed E-state index contributed by atoms with van der Waals surface area (Å²) in [5, 5.41) is 0. The van der Waals surface area contributed by atoms with E-state index in [2.05, 4.69) is 0 Å². The lowest BCUT2D eigenvalue weighted by Gasteiger charge is -2.10. The highest BCUT2D eigenvalue weighted by atomic mass is 16.5. The summed E-state index contributed by atoms with van der Waals surface area (Å²) in [5.41, 5.74) is 1.92. The molecule has 3 heteroatoms. The van der Waals surface area contributed by atoms with Crippen LogP contribution in [-0.2, 0) is 11.2 Å². The Morgan fingerprint density at radius 3 is 2.94 bits per heavy atom. The van der Waals surface area contributed by atoms with Gasteiger partial charge in [-0.05, 0) is 19.4 Å². The number of carbonyl (C=O) groups excluding carboxylic acids is 1. The molecule has 0 heterocycles. The lowest BCUT2D eigenvalue weighted by atomic mass is 10.1. The van der Waals surface area contributed by atoms with Crippen LogP contribution in [0.4, 0.5) is 0 Å². The fourth-order valence-corrected chi connectivity index (χ4v) is 2.08. The standard InChI is InChI=1S/C14H18O3/c1-2-16-9-4-10-17-14-6-3-5-11-12(14)7-8-13(11)15/h3,5-6H,2,4,7-10H2,1H3. The molecule has 0 aliphatic heterocycles. The van der Waals surface area contributed by atoms with Crippen LogP contribution in [0, 0.1) is 0 Å². The van der Waals surface area contributed by atoms with Gasteiger partial charge in [-0.15, -0.1) is 0 Å².